The van der Waals surface area contributed by atoms with Crippen molar-refractivity contribution in [2.75, 3.05) is 19.0 Å². The fourth-order valence-electron chi connectivity index (χ4n) is 3.75. The van der Waals surface area contributed by atoms with Crippen LogP contribution in [0.4, 0.5) is 5.69 Å². The molecule has 4 rings (SSSR count). The highest BCUT2D eigenvalue weighted by Gasteiger charge is 2.15. The summed E-state index contributed by atoms with van der Waals surface area (Å²) in [6.45, 7) is 3.54. The number of aromatic amines is 1. The second-order valence-electron chi connectivity index (χ2n) is 7.43. The minimum Gasteiger partial charge on any atom is -0.497 e. The van der Waals surface area contributed by atoms with Crippen LogP contribution in [-0.4, -0.2) is 33.6 Å². The second kappa shape index (κ2) is 9.62. The van der Waals surface area contributed by atoms with Gasteiger partial charge in [-0.25, -0.2) is 0 Å². The number of fused-ring (bicyclic) bond motifs is 1. The zero-order chi connectivity index (χ0) is 21.6. The summed E-state index contributed by atoms with van der Waals surface area (Å²) in [6.07, 6.45) is 2.69. The van der Waals surface area contributed by atoms with Crippen LogP contribution in [0.5, 0.6) is 5.75 Å². The molecule has 0 bridgehead atoms. The van der Waals surface area contributed by atoms with E-state index in [4.69, 9.17) is 17.0 Å². The molecular weight excluding hydrogens is 404 g/mol. The topological polar surface area (TPSA) is 53.2 Å². The van der Waals surface area contributed by atoms with Crippen molar-refractivity contribution >= 4 is 33.9 Å². The number of nitrogens with one attached hydrogen (secondary N) is 2. The predicted octanol–water partition coefficient (Wildman–Crippen LogP) is 5.32. The number of aromatic nitrogens is 2. The molecule has 158 valence electrons. The average molecular weight is 431 g/mol. The summed E-state index contributed by atoms with van der Waals surface area (Å²) in [5, 5.41) is 5.29. The van der Waals surface area contributed by atoms with E-state index in [0.717, 1.165) is 30.1 Å². The molecule has 2 heterocycles. The van der Waals surface area contributed by atoms with Crippen LogP contribution in [0, 0.1) is 6.92 Å². The molecule has 0 spiro atoms. The van der Waals surface area contributed by atoms with Gasteiger partial charge >= 0.3 is 0 Å². The van der Waals surface area contributed by atoms with Crippen LogP contribution in [0.1, 0.15) is 17.0 Å². The number of ether oxygens (including phenoxy) is 1. The third-order valence-electron chi connectivity index (χ3n) is 5.35. The fraction of sp³-hybridized carbons (Fsp3) is 0.200. The van der Waals surface area contributed by atoms with Crippen molar-refractivity contribution in [3.63, 3.8) is 0 Å². The van der Waals surface area contributed by atoms with Gasteiger partial charge in [0, 0.05) is 41.1 Å². The van der Waals surface area contributed by atoms with Crippen LogP contribution >= 0.6 is 12.2 Å². The van der Waals surface area contributed by atoms with Gasteiger partial charge in [-0.1, -0.05) is 30.3 Å². The molecule has 2 N–H and O–H groups in total. The number of aryl methyl sites for hydroxylation is 1. The van der Waals surface area contributed by atoms with Crippen molar-refractivity contribution < 1.29 is 4.74 Å². The number of thiocarbonyl (C=S) groups is 1. The number of rotatable bonds is 7. The van der Waals surface area contributed by atoms with Crippen LogP contribution in [0.2, 0.25) is 0 Å². The van der Waals surface area contributed by atoms with Gasteiger partial charge in [-0.3, -0.25) is 4.98 Å². The zero-order valence-corrected chi connectivity index (χ0v) is 18.6. The molecule has 4 aromatic rings. The molecule has 0 unspecified atom stereocenters. The minimum atomic E-state index is 0.637. The molecule has 0 aliphatic carbocycles. The monoisotopic (exact) mass is 430 g/mol. The SMILES string of the molecule is COc1cccc(NC(=S)N(CCc2c(C)[nH]c3ccccc23)Cc2ccccn2)c1. The Bertz CT molecular complexity index is 1170. The van der Waals surface area contributed by atoms with E-state index in [1.54, 1.807) is 7.11 Å². The van der Waals surface area contributed by atoms with Crippen molar-refractivity contribution in [1.82, 2.24) is 14.9 Å². The smallest absolute Gasteiger partial charge is 0.173 e. The number of benzene rings is 2. The van der Waals surface area contributed by atoms with Crippen molar-refractivity contribution in [3.8, 4) is 5.75 Å². The first-order valence-corrected chi connectivity index (χ1v) is 10.7. The predicted molar refractivity (Wildman–Crippen MR) is 131 cm³/mol. The molecule has 6 heteroatoms. The lowest BCUT2D eigenvalue weighted by atomic mass is 10.1. The summed E-state index contributed by atoms with van der Waals surface area (Å²) in [4.78, 5) is 10.1. The van der Waals surface area contributed by atoms with Crippen molar-refractivity contribution in [2.45, 2.75) is 19.9 Å². The molecule has 0 aliphatic rings. The molecule has 2 aromatic heterocycles. The number of H-pyrrole nitrogens is 1. The molecule has 0 saturated carbocycles. The third-order valence-corrected chi connectivity index (χ3v) is 5.71. The quantitative estimate of drug-likeness (QED) is 0.389. The Labute approximate surface area is 188 Å². The first-order chi connectivity index (χ1) is 15.1. The largest absolute Gasteiger partial charge is 0.497 e. The van der Waals surface area contributed by atoms with Gasteiger partial charge in [-0.2, -0.15) is 0 Å². The number of anilines is 1. The first-order valence-electron chi connectivity index (χ1n) is 10.3. The Morgan fingerprint density at radius 1 is 1.10 bits per heavy atom. The standard InChI is InChI=1S/C25H26N4OS/c1-18-22(23-11-3-4-12-24(23)27-18)13-15-29(17-20-8-5-6-14-26-20)25(31)28-19-9-7-10-21(16-19)30-2/h3-12,14,16,27H,13,15,17H2,1-2H3,(H,28,31). The van der Waals surface area contributed by atoms with E-state index in [9.17, 15) is 0 Å². The molecular formula is C25H26N4OS. The molecule has 0 saturated heterocycles. The first kappa shape index (κ1) is 20.9. The van der Waals surface area contributed by atoms with Crippen LogP contribution in [-0.2, 0) is 13.0 Å². The molecule has 0 fully saturated rings. The van der Waals surface area contributed by atoms with Gasteiger partial charge in [-0.15, -0.1) is 0 Å². The van der Waals surface area contributed by atoms with E-state index >= 15 is 0 Å². The Morgan fingerprint density at radius 2 is 1.94 bits per heavy atom. The van der Waals surface area contributed by atoms with E-state index in [0.29, 0.717) is 11.7 Å². The molecule has 31 heavy (non-hydrogen) atoms. The van der Waals surface area contributed by atoms with Gasteiger partial charge in [0.15, 0.2) is 5.11 Å². The molecule has 0 aliphatic heterocycles. The molecule has 5 nitrogen and oxygen atoms in total. The van der Waals surface area contributed by atoms with E-state index in [-0.39, 0.29) is 0 Å². The van der Waals surface area contributed by atoms with Gasteiger partial charge in [0.2, 0.25) is 0 Å². The number of pyridine rings is 1. The van der Waals surface area contributed by atoms with Crippen molar-refractivity contribution in [3.05, 3.63) is 89.9 Å². The molecule has 0 amide bonds. The highest BCUT2D eigenvalue weighted by atomic mass is 32.1. The van der Waals surface area contributed by atoms with Crippen LogP contribution in [0.25, 0.3) is 10.9 Å². The Hall–Kier alpha value is -3.38. The Kier molecular flexibility index (Phi) is 6.48. The van der Waals surface area contributed by atoms with Crippen molar-refractivity contribution in [2.24, 2.45) is 0 Å². The maximum Gasteiger partial charge on any atom is 0.173 e. The highest BCUT2D eigenvalue weighted by Crippen LogP contribution is 2.23. The minimum absolute atomic E-state index is 0.637. The summed E-state index contributed by atoms with van der Waals surface area (Å²) < 4.78 is 5.33. The summed E-state index contributed by atoms with van der Waals surface area (Å²) in [5.74, 6) is 0.790. The second-order valence-corrected chi connectivity index (χ2v) is 7.82. The number of hydrogen-bond donors (Lipinski definition) is 2. The number of hydrogen-bond acceptors (Lipinski definition) is 3. The summed E-state index contributed by atoms with van der Waals surface area (Å²) in [5.41, 5.74) is 5.58. The number of para-hydroxylation sites is 1. The highest BCUT2D eigenvalue weighted by molar-refractivity contribution is 7.80. The van der Waals surface area contributed by atoms with Gasteiger partial charge in [0.1, 0.15) is 5.75 Å². The molecule has 0 radical (unpaired) electrons. The maximum atomic E-state index is 5.80. The zero-order valence-electron chi connectivity index (χ0n) is 17.8. The lowest BCUT2D eigenvalue weighted by Gasteiger charge is -2.26. The fourth-order valence-corrected chi connectivity index (χ4v) is 4.02. The van der Waals surface area contributed by atoms with E-state index in [1.165, 1.54) is 22.2 Å². The summed E-state index contributed by atoms with van der Waals surface area (Å²) >= 11 is 5.80. The van der Waals surface area contributed by atoms with Gasteiger partial charge in [0.05, 0.1) is 19.3 Å². The lowest BCUT2D eigenvalue weighted by Crippen LogP contribution is -2.36. The number of methoxy groups -OCH3 is 1. The number of nitrogens with zero attached hydrogens (tertiary/aromatic N) is 2. The van der Waals surface area contributed by atoms with Crippen LogP contribution < -0.4 is 10.1 Å². The molecule has 0 atom stereocenters. The summed E-state index contributed by atoms with van der Waals surface area (Å²) in [6, 6.07) is 22.2. The van der Waals surface area contributed by atoms with E-state index in [2.05, 4.69) is 51.4 Å². The van der Waals surface area contributed by atoms with Gasteiger partial charge < -0.3 is 19.9 Å². The van der Waals surface area contributed by atoms with Crippen LogP contribution in [0.15, 0.2) is 72.9 Å². The van der Waals surface area contributed by atoms with Gasteiger partial charge in [-0.05, 0) is 61.5 Å². The third kappa shape index (κ3) is 5.03. The van der Waals surface area contributed by atoms with Gasteiger partial charge in [0.25, 0.3) is 0 Å². The van der Waals surface area contributed by atoms with E-state index < -0.39 is 0 Å². The average Bonchev–Trinajstić information content (AvgIpc) is 3.12. The Morgan fingerprint density at radius 3 is 2.74 bits per heavy atom. The maximum absolute atomic E-state index is 5.80. The van der Waals surface area contributed by atoms with E-state index in [1.807, 2.05) is 48.7 Å². The lowest BCUT2D eigenvalue weighted by molar-refractivity contribution is 0.414. The molecule has 2 aromatic carbocycles. The normalized spacial score (nSPS) is 10.8. The summed E-state index contributed by atoms with van der Waals surface area (Å²) in [7, 11) is 1.66. The van der Waals surface area contributed by atoms with Crippen LogP contribution in [0.3, 0.4) is 0 Å². The Balaban J connectivity index is 1.54. The van der Waals surface area contributed by atoms with Crippen molar-refractivity contribution in [1.29, 1.82) is 0 Å².